The lowest BCUT2D eigenvalue weighted by atomic mass is 10.0. The van der Waals surface area contributed by atoms with Gasteiger partial charge in [-0.25, -0.2) is 0 Å². The smallest absolute Gasteiger partial charge is 0.193 e. The average Bonchev–Trinajstić information content (AvgIpc) is 3.18. The molecule has 0 radical (unpaired) electrons. The number of aliphatic imine (C=N–C) groups is 1. The molecule has 26 heavy (non-hydrogen) atoms. The van der Waals surface area contributed by atoms with E-state index in [1.165, 1.54) is 18.4 Å². The fraction of sp³-hybridized carbons (Fsp3) is 0.650. The number of hydrogen-bond donors (Lipinski definition) is 1. The van der Waals surface area contributed by atoms with Crippen molar-refractivity contribution in [2.45, 2.75) is 39.7 Å². The van der Waals surface area contributed by atoms with E-state index in [1.54, 1.807) is 7.11 Å². The van der Waals surface area contributed by atoms with E-state index in [9.17, 15) is 0 Å². The van der Waals surface area contributed by atoms with Crippen molar-refractivity contribution in [2.24, 2.45) is 4.99 Å². The first-order valence-electron chi connectivity index (χ1n) is 9.64. The molecule has 1 aromatic rings. The minimum Gasteiger partial charge on any atom is -0.497 e. The molecular weight excluding hydrogens is 439 g/mol. The minimum atomic E-state index is 0. The van der Waals surface area contributed by atoms with Crippen LogP contribution in [0.5, 0.6) is 5.75 Å². The Bertz CT molecular complexity index is 542. The number of ether oxygens (including phenoxy) is 1. The molecule has 0 bridgehead atoms. The van der Waals surface area contributed by atoms with Crippen LogP contribution in [0.1, 0.15) is 45.2 Å². The number of benzene rings is 1. The van der Waals surface area contributed by atoms with Gasteiger partial charge in [0.05, 0.1) is 19.7 Å². The summed E-state index contributed by atoms with van der Waals surface area (Å²) < 4.78 is 5.42. The molecule has 1 N–H and O–H groups in total. The molecule has 1 atom stereocenters. The summed E-state index contributed by atoms with van der Waals surface area (Å²) in [6.07, 6.45) is 2.53. The normalized spacial score (nSPS) is 15.7. The van der Waals surface area contributed by atoms with Crippen molar-refractivity contribution in [1.29, 1.82) is 0 Å². The summed E-state index contributed by atoms with van der Waals surface area (Å²) in [5, 5.41) is 3.46. The first-order chi connectivity index (χ1) is 12.2. The third kappa shape index (κ3) is 6.30. The van der Waals surface area contributed by atoms with Crippen LogP contribution in [0.2, 0.25) is 0 Å². The van der Waals surface area contributed by atoms with Gasteiger partial charge in [-0.15, -0.1) is 24.0 Å². The summed E-state index contributed by atoms with van der Waals surface area (Å²) >= 11 is 0. The molecule has 1 aliphatic heterocycles. The molecule has 1 unspecified atom stereocenters. The van der Waals surface area contributed by atoms with Crippen molar-refractivity contribution in [2.75, 3.05) is 46.4 Å². The van der Waals surface area contributed by atoms with Crippen LogP contribution in [0, 0.1) is 0 Å². The van der Waals surface area contributed by atoms with E-state index in [2.05, 4.69) is 54.1 Å². The molecule has 0 aromatic heterocycles. The monoisotopic (exact) mass is 474 g/mol. The highest BCUT2D eigenvalue weighted by Gasteiger charge is 2.20. The molecule has 1 aliphatic rings. The van der Waals surface area contributed by atoms with Crippen molar-refractivity contribution in [3.63, 3.8) is 0 Å². The Morgan fingerprint density at radius 3 is 2.50 bits per heavy atom. The second kappa shape index (κ2) is 12.4. The maximum absolute atomic E-state index is 5.42. The maximum atomic E-state index is 5.42. The van der Waals surface area contributed by atoms with Crippen LogP contribution in [-0.4, -0.2) is 62.1 Å². The van der Waals surface area contributed by atoms with Crippen LogP contribution >= 0.6 is 24.0 Å². The second-order valence-corrected chi connectivity index (χ2v) is 6.40. The Kier molecular flexibility index (Phi) is 11.0. The van der Waals surface area contributed by atoms with Crippen molar-refractivity contribution >= 4 is 29.9 Å². The van der Waals surface area contributed by atoms with Crippen LogP contribution in [0.4, 0.5) is 0 Å². The summed E-state index contributed by atoms with van der Waals surface area (Å²) in [5.74, 6) is 1.96. The SMILES string of the molecule is CCNC(=NCC(c1cccc(OC)c1)N(CC)CC)N1CCCC1.I. The van der Waals surface area contributed by atoms with Gasteiger partial charge in [-0.2, -0.15) is 0 Å². The quantitative estimate of drug-likeness (QED) is 0.354. The lowest BCUT2D eigenvalue weighted by Crippen LogP contribution is -2.40. The van der Waals surface area contributed by atoms with Crippen molar-refractivity contribution in [3.8, 4) is 5.75 Å². The molecule has 1 aromatic carbocycles. The summed E-state index contributed by atoms with van der Waals surface area (Å²) in [6.45, 7) is 12.5. The van der Waals surface area contributed by atoms with Crippen LogP contribution < -0.4 is 10.1 Å². The fourth-order valence-electron chi connectivity index (χ4n) is 3.47. The lowest BCUT2D eigenvalue weighted by Gasteiger charge is -2.30. The van der Waals surface area contributed by atoms with Crippen LogP contribution in [-0.2, 0) is 0 Å². The second-order valence-electron chi connectivity index (χ2n) is 6.40. The molecule has 6 heteroatoms. The first-order valence-corrected chi connectivity index (χ1v) is 9.64. The predicted octanol–water partition coefficient (Wildman–Crippen LogP) is 3.76. The summed E-state index contributed by atoms with van der Waals surface area (Å²) in [4.78, 5) is 9.84. The summed E-state index contributed by atoms with van der Waals surface area (Å²) in [5.41, 5.74) is 1.27. The molecule has 0 amide bonds. The molecule has 148 valence electrons. The number of methoxy groups -OCH3 is 1. The maximum Gasteiger partial charge on any atom is 0.193 e. The van der Waals surface area contributed by atoms with Crippen molar-refractivity contribution < 1.29 is 4.74 Å². The van der Waals surface area contributed by atoms with Gasteiger partial charge in [-0.05, 0) is 50.6 Å². The highest BCUT2D eigenvalue weighted by molar-refractivity contribution is 14.0. The molecule has 1 heterocycles. The van der Waals surface area contributed by atoms with E-state index >= 15 is 0 Å². The van der Waals surface area contributed by atoms with Crippen LogP contribution in [0.25, 0.3) is 0 Å². The Hall–Kier alpha value is -1.02. The predicted molar refractivity (Wildman–Crippen MR) is 121 cm³/mol. The van der Waals surface area contributed by atoms with E-state index in [-0.39, 0.29) is 30.0 Å². The number of nitrogens with zero attached hydrogens (tertiary/aromatic N) is 3. The fourth-order valence-corrected chi connectivity index (χ4v) is 3.47. The lowest BCUT2D eigenvalue weighted by molar-refractivity contribution is 0.223. The van der Waals surface area contributed by atoms with E-state index in [0.29, 0.717) is 0 Å². The van der Waals surface area contributed by atoms with Crippen molar-refractivity contribution in [1.82, 2.24) is 15.1 Å². The summed E-state index contributed by atoms with van der Waals surface area (Å²) in [7, 11) is 1.72. The molecule has 1 saturated heterocycles. The minimum absolute atomic E-state index is 0. The number of likely N-dealkylation sites (N-methyl/N-ethyl adjacent to an activating group) is 1. The number of rotatable bonds is 8. The average molecular weight is 474 g/mol. The number of nitrogens with one attached hydrogen (secondary N) is 1. The zero-order valence-corrected chi connectivity index (χ0v) is 19.0. The number of guanidine groups is 1. The van der Waals surface area contributed by atoms with Gasteiger partial charge in [-0.1, -0.05) is 26.0 Å². The number of likely N-dealkylation sites (tertiary alicyclic amines) is 1. The van der Waals surface area contributed by atoms with Gasteiger partial charge in [0.1, 0.15) is 5.75 Å². The van der Waals surface area contributed by atoms with E-state index in [4.69, 9.17) is 9.73 Å². The van der Waals surface area contributed by atoms with E-state index in [0.717, 1.165) is 51.0 Å². The van der Waals surface area contributed by atoms with Gasteiger partial charge in [0.25, 0.3) is 0 Å². The first kappa shape index (κ1) is 23.0. The van der Waals surface area contributed by atoms with Gasteiger partial charge in [-0.3, -0.25) is 9.89 Å². The molecular formula is C20H35IN4O. The third-order valence-corrected chi connectivity index (χ3v) is 4.89. The molecule has 0 aliphatic carbocycles. The standard InChI is InChI=1S/C20H34N4O.HI/c1-5-21-20(24-13-8-9-14-24)22-16-19(23(6-2)7-3)17-11-10-12-18(15-17)25-4;/h10-12,15,19H,5-9,13-14,16H2,1-4H3,(H,21,22);1H. The number of hydrogen-bond acceptors (Lipinski definition) is 3. The van der Waals surface area contributed by atoms with Gasteiger partial charge in [0.2, 0.25) is 0 Å². The molecule has 1 fully saturated rings. The molecule has 0 spiro atoms. The van der Waals surface area contributed by atoms with Crippen molar-refractivity contribution in [3.05, 3.63) is 29.8 Å². The largest absolute Gasteiger partial charge is 0.497 e. The third-order valence-electron chi connectivity index (χ3n) is 4.89. The highest BCUT2D eigenvalue weighted by Crippen LogP contribution is 2.25. The van der Waals surface area contributed by atoms with Gasteiger partial charge >= 0.3 is 0 Å². The van der Waals surface area contributed by atoms with Gasteiger partial charge < -0.3 is 15.0 Å². The van der Waals surface area contributed by atoms with E-state index in [1.807, 2.05) is 6.07 Å². The molecule has 5 nitrogen and oxygen atoms in total. The Morgan fingerprint density at radius 1 is 1.23 bits per heavy atom. The van der Waals surface area contributed by atoms with Gasteiger partial charge in [0, 0.05) is 19.6 Å². The topological polar surface area (TPSA) is 40.1 Å². The summed E-state index contributed by atoms with van der Waals surface area (Å²) in [6, 6.07) is 8.66. The molecule has 2 rings (SSSR count). The van der Waals surface area contributed by atoms with Gasteiger partial charge in [0.15, 0.2) is 5.96 Å². The Labute approximate surface area is 176 Å². The number of halogens is 1. The van der Waals surface area contributed by atoms with Crippen LogP contribution in [0.15, 0.2) is 29.3 Å². The van der Waals surface area contributed by atoms with E-state index < -0.39 is 0 Å². The van der Waals surface area contributed by atoms with Crippen LogP contribution in [0.3, 0.4) is 0 Å². The highest BCUT2D eigenvalue weighted by atomic mass is 127. The Morgan fingerprint density at radius 2 is 1.92 bits per heavy atom. The molecule has 0 saturated carbocycles. The zero-order valence-electron chi connectivity index (χ0n) is 16.7. The Balaban J connectivity index is 0.00000338. The zero-order chi connectivity index (χ0) is 18.1.